The Morgan fingerprint density at radius 1 is 0.865 bits per heavy atom. The first-order valence-corrected chi connectivity index (χ1v) is 12.9. The van der Waals surface area contributed by atoms with Gasteiger partial charge in [-0.1, -0.05) is 67.5 Å². The van der Waals surface area contributed by atoms with E-state index in [0.717, 1.165) is 43.7 Å². The van der Waals surface area contributed by atoms with Gasteiger partial charge in [-0.05, 0) is 24.1 Å². The van der Waals surface area contributed by atoms with Crippen molar-refractivity contribution >= 4 is 0 Å². The van der Waals surface area contributed by atoms with Crippen molar-refractivity contribution in [2.24, 2.45) is 0 Å². The Hall–Kier alpha value is -2.13. The van der Waals surface area contributed by atoms with E-state index in [4.69, 9.17) is 9.26 Å². The van der Waals surface area contributed by atoms with Crippen LogP contribution in [0.1, 0.15) is 84.9 Å². The summed E-state index contributed by atoms with van der Waals surface area (Å²) in [5, 5.41) is 4.08. The van der Waals surface area contributed by atoms with Crippen LogP contribution in [0.2, 0.25) is 0 Å². The van der Waals surface area contributed by atoms with Crippen molar-refractivity contribution in [1.29, 1.82) is 0 Å². The Morgan fingerprint density at radius 3 is 1.89 bits per heavy atom. The molecule has 0 aliphatic carbocycles. The van der Waals surface area contributed by atoms with E-state index >= 15 is 0 Å². The van der Waals surface area contributed by atoms with Crippen LogP contribution in [0.25, 0.3) is 0 Å². The molecule has 3 rings (SSSR count). The van der Waals surface area contributed by atoms with E-state index in [1.165, 1.54) is 6.20 Å². The number of hydrogen-bond acceptors (Lipinski definition) is 6. The second kappa shape index (κ2) is 11.7. The van der Waals surface area contributed by atoms with E-state index in [-0.39, 0.29) is 23.3 Å². The highest BCUT2D eigenvalue weighted by atomic mass is 19.4. The fourth-order valence-electron chi connectivity index (χ4n) is 3.51. The molecule has 1 aliphatic heterocycles. The van der Waals surface area contributed by atoms with Gasteiger partial charge in [0.15, 0.2) is 0 Å². The van der Waals surface area contributed by atoms with Crippen molar-refractivity contribution in [1.82, 2.24) is 19.9 Å². The fraction of sp³-hybridized carbons (Fsp3) is 0.714. The number of alkyl halides is 3. The van der Waals surface area contributed by atoms with Crippen molar-refractivity contribution < 1.29 is 22.4 Å². The zero-order chi connectivity index (χ0) is 28.2. The molecule has 0 saturated carbocycles. The highest BCUT2D eigenvalue weighted by Gasteiger charge is 2.36. The Balaban J connectivity index is 0.000000312. The number of aromatic nitrogens is 2. The summed E-state index contributed by atoms with van der Waals surface area (Å²) < 4.78 is 50.6. The second-order valence-electron chi connectivity index (χ2n) is 12.9. The number of ether oxygens (including phenoxy) is 1. The number of likely N-dealkylation sites (N-methyl/N-ethyl adjacent to an activating group) is 1. The van der Waals surface area contributed by atoms with Crippen LogP contribution >= 0.6 is 0 Å². The Morgan fingerprint density at radius 2 is 1.46 bits per heavy atom. The minimum atomic E-state index is -4.47. The summed E-state index contributed by atoms with van der Waals surface area (Å²) in [7, 11) is 2.06. The summed E-state index contributed by atoms with van der Waals surface area (Å²) in [5.74, 6) is 0.627. The van der Waals surface area contributed by atoms with Crippen molar-refractivity contribution in [3.8, 4) is 5.88 Å². The molecule has 0 unspecified atom stereocenters. The lowest BCUT2D eigenvalue weighted by Crippen LogP contribution is -2.45. The van der Waals surface area contributed by atoms with Gasteiger partial charge in [-0.25, -0.2) is 4.98 Å². The number of nitrogens with zero attached hydrogens (tertiary/aromatic N) is 4. The van der Waals surface area contributed by atoms with E-state index in [0.29, 0.717) is 12.1 Å². The summed E-state index contributed by atoms with van der Waals surface area (Å²) in [4.78, 5) is 8.36. The maximum absolute atomic E-state index is 13.3. The summed E-state index contributed by atoms with van der Waals surface area (Å²) in [5.41, 5.74) is 0.501. The summed E-state index contributed by atoms with van der Waals surface area (Å²) in [6.07, 6.45) is -3.00. The second-order valence-corrected chi connectivity index (χ2v) is 12.9. The smallest absolute Gasteiger partial charge is 0.421 e. The standard InChI is InChI=1S/C17H26F3N3O.C11H19NO/c1-16(2,3)13-11-14(17(18,19)20)15(21-12-13)24-10-9-23-7-5-22(4)6-8-23;1-10(2,3)8-7-9(13-12-8)11(4,5)6/h11-12H,5-10H2,1-4H3;7H,1-6H3. The predicted molar refractivity (Wildman–Crippen MR) is 141 cm³/mol. The average molecular weight is 527 g/mol. The zero-order valence-electron chi connectivity index (χ0n) is 24.2. The third-order valence-electron chi connectivity index (χ3n) is 6.28. The molecular weight excluding hydrogens is 481 g/mol. The molecular formula is C28H45F3N4O2. The number of rotatable bonds is 4. The molecule has 2 aromatic rings. The van der Waals surface area contributed by atoms with Crippen molar-refractivity contribution in [2.75, 3.05) is 46.4 Å². The molecule has 1 fully saturated rings. The number of hydrogen-bond donors (Lipinski definition) is 0. The molecule has 0 aromatic carbocycles. The Bertz CT molecular complexity index is 962. The van der Waals surface area contributed by atoms with Crippen LogP contribution < -0.4 is 4.74 Å². The lowest BCUT2D eigenvalue weighted by molar-refractivity contribution is -0.139. The highest BCUT2D eigenvalue weighted by molar-refractivity contribution is 5.35. The molecule has 0 amide bonds. The van der Waals surface area contributed by atoms with Crippen LogP contribution in [0.3, 0.4) is 0 Å². The lowest BCUT2D eigenvalue weighted by Gasteiger charge is -2.32. The van der Waals surface area contributed by atoms with Gasteiger partial charge in [-0.15, -0.1) is 0 Å². The van der Waals surface area contributed by atoms with Gasteiger partial charge >= 0.3 is 6.18 Å². The first-order valence-electron chi connectivity index (χ1n) is 12.9. The van der Waals surface area contributed by atoms with Gasteiger partial charge in [-0.3, -0.25) is 4.90 Å². The maximum Gasteiger partial charge on any atom is 0.421 e. The molecule has 2 aromatic heterocycles. The number of piperazine rings is 1. The SMILES string of the molecule is CC(C)(C)c1cc(C(C)(C)C)on1.CN1CCN(CCOc2ncc(C(C)(C)C)cc2C(F)(F)F)CC1. The van der Waals surface area contributed by atoms with Gasteiger partial charge in [0, 0.05) is 55.8 Å². The monoisotopic (exact) mass is 526 g/mol. The fourth-order valence-corrected chi connectivity index (χ4v) is 3.51. The first-order chi connectivity index (χ1) is 16.8. The summed E-state index contributed by atoms with van der Waals surface area (Å²) in [6.45, 7) is 22.9. The molecule has 37 heavy (non-hydrogen) atoms. The van der Waals surface area contributed by atoms with E-state index in [1.54, 1.807) is 0 Å². The molecule has 6 nitrogen and oxygen atoms in total. The molecule has 3 heterocycles. The summed E-state index contributed by atoms with van der Waals surface area (Å²) >= 11 is 0. The van der Waals surface area contributed by atoms with E-state index in [1.807, 2.05) is 20.8 Å². The number of halogens is 3. The molecule has 9 heteroatoms. The predicted octanol–water partition coefficient (Wildman–Crippen LogP) is 6.29. The molecule has 0 atom stereocenters. The average Bonchev–Trinajstić information content (AvgIpc) is 3.26. The molecule has 0 bridgehead atoms. The Kier molecular flexibility index (Phi) is 9.85. The van der Waals surface area contributed by atoms with Crippen LogP contribution in [0.4, 0.5) is 13.2 Å². The maximum atomic E-state index is 13.3. The topological polar surface area (TPSA) is 54.6 Å². The Labute approximate surface area is 220 Å². The van der Waals surface area contributed by atoms with E-state index < -0.39 is 17.2 Å². The molecule has 1 saturated heterocycles. The van der Waals surface area contributed by atoms with Crippen molar-refractivity contribution in [3.05, 3.63) is 40.9 Å². The quantitative estimate of drug-likeness (QED) is 0.467. The molecule has 0 N–H and O–H groups in total. The van der Waals surface area contributed by atoms with Gasteiger partial charge in [0.2, 0.25) is 5.88 Å². The third-order valence-corrected chi connectivity index (χ3v) is 6.28. The normalized spacial score (nSPS) is 16.4. The van der Waals surface area contributed by atoms with Crippen molar-refractivity contribution in [2.45, 2.75) is 84.7 Å². The van der Waals surface area contributed by atoms with Gasteiger partial charge in [-0.2, -0.15) is 13.2 Å². The van der Waals surface area contributed by atoms with E-state index in [2.05, 4.69) is 74.6 Å². The zero-order valence-corrected chi connectivity index (χ0v) is 24.2. The van der Waals surface area contributed by atoms with Gasteiger partial charge < -0.3 is 14.2 Å². The first kappa shape index (κ1) is 31.1. The van der Waals surface area contributed by atoms with Gasteiger partial charge in [0.05, 0.1) is 5.69 Å². The minimum Gasteiger partial charge on any atom is -0.476 e. The van der Waals surface area contributed by atoms with Crippen LogP contribution in [-0.2, 0) is 22.4 Å². The molecule has 0 radical (unpaired) electrons. The molecule has 1 aliphatic rings. The van der Waals surface area contributed by atoms with Crippen LogP contribution in [0.5, 0.6) is 5.88 Å². The highest BCUT2D eigenvalue weighted by Crippen LogP contribution is 2.37. The molecule has 0 spiro atoms. The lowest BCUT2D eigenvalue weighted by atomic mass is 9.87. The van der Waals surface area contributed by atoms with Crippen LogP contribution in [-0.4, -0.2) is 66.3 Å². The largest absolute Gasteiger partial charge is 0.476 e. The summed E-state index contributed by atoms with van der Waals surface area (Å²) in [6, 6.07) is 3.21. The molecule has 210 valence electrons. The van der Waals surface area contributed by atoms with Crippen LogP contribution in [0, 0.1) is 0 Å². The van der Waals surface area contributed by atoms with Crippen LogP contribution in [0.15, 0.2) is 22.9 Å². The van der Waals surface area contributed by atoms with Gasteiger partial charge in [0.25, 0.3) is 0 Å². The van der Waals surface area contributed by atoms with E-state index in [9.17, 15) is 13.2 Å². The van der Waals surface area contributed by atoms with Crippen molar-refractivity contribution in [3.63, 3.8) is 0 Å². The number of pyridine rings is 1. The van der Waals surface area contributed by atoms with Gasteiger partial charge in [0.1, 0.15) is 17.9 Å². The minimum absolute atomic E-state index is 0.0521. The third kappa shape index (κ3) is 9.60.